The number of nitrogens with two attached hydrogens (primary N) is 1. The lowest BCUT2D eigenvalue weighted by Gasteiger charge is -2.10. The monoisotopic (exact) mass is 1290 g/mol. The van der Waals surface area contributed by atoms with Crippen LogP contribution >= 0.6 is 34.8 Å². The molecule has 0 saturated carbocycles. The van der Waals surface area contributed by atoms with Crippen LogP contribution in [-0.2, 0) is 26.7 Å². The van der Waals surface area contributed by atoms with E-state index in [-0.39, 0.29) is 27.5 Å². The van der Waals surface area contributed by atoms with Gasteiger partial charge in [0.1, 0.15) is 38.2 Å². The van der Waals surface area contributed by atoms with Crippen LogP contribution in [0.5, 0.6) is 0 Å². The predicted molar refractivity (Wildman–Crippen MR) is 363 cm³/mol. The lowest BCUT2D eigenvalue weighted by Crippen LogP contribution is -2.26. The SMILES string of the molecule is CC(=O)NCCN.CC(=O)NCCNc1nc(-c2ccccc2)nc2[nH]c(C)cc12.Cc1cc2c(Cl)nc(-c3ccccc3)nc2[nH]1.Cc1cc2c(Cl)nc(-c3ccccc3)nc2n1C.Cc1cc2c(Cl)nc(-c3ccccc3)nc2n1S(=O)(=O)c1ccccc1. The Morgan fingerprint density at radius 2 is 0.857 bits per heavy atom. The largest absolute Gasteiger partial charge is 0.368 e. The van der Waals surface area contributed by atoms with Crippen molar-refractivity contribution in [1.82, 2.24) is 69.0 Å². The van der Waals surface area contributed by atoms with Gasteiger partial charge in [0.15, 0.2) is 28.9 Å². The Hall–Kier alpha value is -9.90. The van der Waals surface area contributed by atoms with Gasteiger partial charge in [-0.2, -0.15) is 0 Å². The van der Waals surface area contributed by atoms with Crippen LogP contribution in [0.4, 0.5) is 5.82 Å². The van der Waals surface area contributed by atoms with E-state index in [4.69, 9.17) is 40.5 Å². The molecule has 13 rings (SSSR count). The Morgan fingerprint density at radius 3 is 1.32 bits per heavy atom. The molecule has 0 radical (unpaired) electrons. The van der Waals surface area contributed by atoms with Crippen molar-refractivity contribution in [2.45, 2.75) is 46.4 Å². The molecule has 0 fully saturated rings. The van der Waals surface area contributed by atoms with Crippen molar-refractivity contribution in [3.05, 3.63) is 214 Å². The van der Waals surface area contributed by atoms with Crippen molar-refractivity contribution in [1.29, 1.82) is 0 Å². The average molecular weight is 1300 g/mol. The molecule has 24 heteroatoms. The van der Waals surface area contributed by atoms with Crippen LogP contribution in [0.1, 0.15) is 36.6 Å². The number of carbonyl (C=O) groups excluding carboxylic acids is 2. The second kappa shape index (κ2) is 30.1. The molecule has 0 aliphatic carbocycles. The fourth-order valence-corrected chi connectivity index (χ4v) is 11.5. The number of carbonyl (C=O) groups is 2. The van der Waals surface area contributed by atoms with Crippen LogP contribution in [0.25, 0.3) is 89.7 Å². The molecular formula is C67H65Cl3N16O4S. The maximum Gasteiger partial charge on any atom is 0.269 e. The second-order valence-electron chi connectivity index (χ2n) is 20.7. The molecule has 0 bridgehead atoms. The van der Waals surface area contributed by atoms with Gasteiger partial charge in [-0.15, -0.1) is 0 Å². The molecule has 0 atom stereocenters. The summed E-state index contributed by atoms with van der Waals surface area (Å²) in [6, 6.07) is 54.8. The van der Waals surface area contributed by atoms with E-state index in [9.17, 15) is 18.0 Å². The third-order valence-electron chi connectivity index (χ3n) is 13.7. The Labute approximate surface area is 540 Å². The minimum Gasteiger partial charge on any atom is -0.368 e. The third-order valence-corrected chi connectivity index (χ3v) is 16.4. The van der Waals surface area contributed by atoms with E-state index in [0.717, 1.165) is 78.3 Å². The summed E-state index contributed by atoms with van der Waals surface area (Å²) in [5, 5.41) is 13.0. The predicted octanol–water partition coefficient (Wildman–Crippen LogP) is 13.0. The van der Waals surface area contributed by atoms with Crippen molar-refractivity contribution < 1.29 is 18.0 Å². The zero-order chi connectivity index (χ0) is 64.8. The zero-order valence-corrected chi connectivity index (χ0v) is 53.9. The van der Waals surface area contributed by atoms with Crippen molar-refractivity contribution >= 4 is 107 Å². The highest BCUT2D eigenvalue weighted by atomic mass is 35.5. The van der Waals surface area contributed by atoms with Crippen LogP contribution in [0.2, 0.25) is 15.5 Å². The first-order valence-electron chi connectivity index (χ1n) is 28.7. The number of nitrogens with zero attached hydrogens (tertiary/aromatic N) is 10. The van der Waals surface area contributed by atoms with Crippen molar-refractivity contribution in [2.24, 2.45) is 12.8 Å². The summed E-state index contributed by atoms with van der Waals surface area (Å²) in [6.07, 6.45) is 0. The Morgan fingerprint density at radius 1 is 0.473 bits per heavy atom. The molecular weight excluding hydrogens is 1230 g/mol. The summed E-state index contributed by atoms with van der Waals surface area (Å²) in [5.41, 5.74) is 15.1. The maximum atomic E-state index is 13.1. The highest BCUT2D eigenvalue weighted by Gasteiger charge is 2.25. The summed E-state index contributed by atoms with van der Waals surface area (Å²) in [5.74, 6) is 3.06. The van der Waals surface area contributed by atoms with Gasteiger partial charge < -0.3 is 36.2 Å². The fraction of sp³-hybridized carbons (Fsp3) is 0.164. The number of halogens is 3. The molecule has 0 saturated heterocycles. The molecule has 0 aliphatic rings. The lowest BCUT2D eigenvalue weighted by molar-refractivity contribution is -0.119. The van der Waals surface area contributed by atoms with Gasteiger partial charge in [0, 0.05) is 92.1 Å². The molecule has 20 nitrogen and oxygen atoms in total. The van der Waals surface area contributed by atoms with E-state index in [1.807, 2.05) is 172 Å². The van der Waals surface area contributed by atoms with Gasteiger partial charge in [-0.05, 0) is 64.1 Å². The van der Waals surface area contributed by atoms with Gasteiger partial charge in [0.25, 0.3) is 10.0 Å². The molecule has 0 aliphatic heterocycles. The number of benzene rings is 5. The van der Waals surface area contributed by atoms with Gasteiger partial charge in [0.05, 0.1) is 26.4 Å². The summed E-state index contributed by atoms with van der Waals surface area (Å²) >= 11 is 18.7. The fourth-order valence-electron chi connectivity index (χ4n) is 9.34. The number of aryl methyl sites for hydroxylation is 5. The molecule has 464 valence electrons. The third kappa shape index (κ3) is 16.3. The highest BCUT2D eigenvalue weighted by Crippen LogP contribution is 2.32. The van der Waals surface area contributed by atoms with E-state index >= 15 is 0 Å². The molecule has 0 spiro atoms. The maximum absolute atomic E-state index is 13.1. The van der Waals surface area contributed by atoms with Crippen molar-refractivity contribution in [3.63, 3.8) is 0 Å². The summed E-state index contributed by atoms with van der Waals surface area (Å²) < 4.78 is 29.5. The van der Waals surface area contributed by atoms with Crippen LogP contribution < -0.4 is 21.7 Å². The van der Waals surface area contributed by atoms with E-state index in [1.165, 1.54) is 17.8 Å². The molecule has 5 aromatic carbocycles. The first-order chi connectivity index (χ1) is 43.8. The number of hydrogen-bond donors (Lipinski definition) is 6. The average Bonchev–Trinajstić information content (AvgIpc) is 1.64. The summed E-state index contributed by atoms with van der Waals surface area (Å²) in [7, 11) is -1.82. The second-order valence-corrected chi connectivity index (χ2v) is 23.5. The Balaban J connectivity index is 0.000000140. The topological polar surface area (TPSA) is 275 Å². The molecule has 0 unspecified atom stereocenters. The quantitative estimate of drug-likeness (QED) is 0.0490. The molecule has 7 N–H and O–H groups in total. The van der Waals surface area contributed by atoms with E-state index in [2.05, 4.69) is 65.8 Å². The van der Waals surface area contributed by atoms with Crippen molar-refractivity contribution in [2.75, 3.05) is 31.5 Å². The number of aromatic amines is 2. The molecule has 8 heterocycles. The highest BCUT2D eigenvalue weighted by molar-refractivity contribution is 7.90. The van der Waals surface area contributed by atoms with Gasteiger partial charge in [-0.3, -0.25) is 9.59 Å². The van der Waals surface area contributed by atoms with Crippen molar-refractivity contribution in [3.8, 4) is 45.6 Å². The number of H-pyrrole nitrogens is 2. The first-order valence-corrected chi connectivity index (χ1v) is 31.3. The van der Waals surface area contributed by atoms with Crippen LogP contribution in [0, 0.1) is 27.7 Å². The first kappa shape index (κ1) is 65.5. The minimum atomic E-state index is -3.80. The van der Waals surface area contributed by atoms with E-state index in [1.54, 1.807) is 43.3 Å². The number of fused-ring (bicyclic) bond motifs is 4. The lowest BCUT2D eigenvalue weighted by atomic mass is 10.2. The minimum absolute atomic E-state index is 0.0227. The number of anilines is 1. The normalized spacial score (nSPS) is 10.9. The zero-order valence-electron chi connectivity index (χ0n) is 50.8. The number of nitrogens with one attached hydrogen (secondary N) is 5. The molecule has 8 aromatic heterocycles. The van der Waals surface area contributed by atoms with E-state index < -0.39 is 10.0 Å². The standard InChI is InChI=1S/C19H14ClN3O2S.C17H19N5O.C14H12ClN3.C13H10ClN3.C4H10N2O/c1-13-12-16-17(20)21-18(14-8-4-2-5-9-14)22-19(16)23(13)26(24,25)15-10-6-3-7-11-15;1-11-10-14-16(19-9-8-18-12(2)23)21-15(22-17(14)20-11)13-6-4-3-5-7-13;1-9-8-11-12(15)16-13(17-14(11)18(9)2)10-6-4-3-5-7-10;1-8-7-10-11(14)16-12(17-13(10)15-8)9-5-3-2-4-6-9;1-4(7)6-3-2-5/h2-12H,1H3;3-7,10H,8-9H2,1-2H3,(H,18,23)(H2,19,20,21,22);3-8H,1-2H3;2-7H,1H3,(H,15,16,17);2-3,5H2,1H3,(H,6,7). The molecule has 13 aromatic rings. The number of amides is 2. The van der Waals surface area contributed by atoms with Gasteiger partial charge in [0.2, 0.25) is 11.8 Å². The van der Waals surface area contributed by atoms with Gasteiger partial charge >= 0.3 is 0 Å². The molecule has 2 amide bonds. The smallest absolute Gasteiger partial charge is 0.269 e. The van der Waals surface area contributed by atoms with Crippen LogP contribution in [-0.4, -0.2) is 105 Å². The van der Waals surface area contributed by atoms with Gasteiger partial charge in [-0.25, -0.2) is 52.3 Å². The van der Waals surface area contributed by atoms with Crippen LogP contribution in [0.3, 0.4) is 0 Å². The summed E-state index contributed by atoms with van der Waals surface area (Å²) in [4.78, 5) is 63.4. The number of hydrogen-bond acceptors (Lipinski definition) is 14. The Bertz CT molecular complexity index is 4760. The van der Waals surface area contributed by atoms with E-state index in [0.29, 0.717) is 70.9 Å². The number of rotatable bonds is 12. The van der Waals surface area contributed by atoms with Gasteiger partial charge in [-0.1, -0.05) is 174 Å². The molecule has 91 heavy (non-hydrogen) atoms. The Kier molecular flexibility index (Phi) is 21.7. The number of aromatic nitrogens is 12. The van der Waals surface area contributed by atoms with Crippen LogP contribution in [0.15, 0.2) is 181 Å². The summed E-state index contributed by atoms with van der Waals surface area (Å²) in [6.45, 7) is 12.9.